The van der Waals surface area contributed by atoms with Crippen molar-refractivity contribution >= 4 is 80.3 Å². The predicted molar refractivity (Wildman–Crippen MR) is 117 cm³/mol. The molecule has 0 aliphatic rings. The largest absolute Gasteiger partial charge is 0.497 e. The molecule has 3 aromatic rings. The van der Waals surface area contributed by atoms with Crippen LogP contribution in [0.15, 0.2) is 40.7 Å². The smallest absolute Gasteiger partial charge is 0.234 e. The van der Waals surface area contributed by atoms with Gasteiger partial charge in [-0.25, -0.2) is 0 Å². The molecule has 2 aromatic carbocycles. The molecule has 0 radical (unpaired) electrons. The molecule has 0 atom stereocenters. The second-order valence-corrected chi connectivity index (χ2v) is 8.73. The maximum absolute atomic E-state index is 12.2. The predicted octanol–water partition coefficient (Wildman–Crippen LogP) is 5.98. The van der Waals surface area contributed by atoms with E-state index in [9.17, 15) is 4.79 Å². The van der Waals surface area contributed by atoms with Crippen molar-refractivity contribution in [1.82, 2.24) is 10.2 Å². The average Bonchev–Trinajstić information content (AvgIpc) is 3.12. The molecule has 6 nitrogen and oxygen atoms in total. The van der Waals surface area contributed by atoms with Crippen molar-refractivity contribution in [1.29, 1.82) is 0 Å². The number of methoxy groups -OCH3 is 1. The third kappa shape index (κ3) is 5.65. The minimum absolute atomic E-state index is 0.147. The van der Waals surface area contributed by atoms with Crippen LogP contribution in [0.25, 0.3) is 0 Å². The van der Waals surface area contributed by atoms with Crippen LogP contribution >= 0.6 is 57.9 Å². The van der Waals surface area contributed by atoms with E-state index in [-0.39, 0.29) is 11.7 Å². The van der Waals surface area contributed by atoms with Gasteiger partial charge >= 0.3 is 0 Å². The quantitative estimate of drug-likeness (QED) is 0.323. The van der Waals surface area contributed by atoms with Gasteiger partial charge in [-0.2, -0.15) is 0 Å². The first-order valence-electron chi connectivity index (χ1n) is 7.76. The number of hydrogen-bond donors (Lipinski definition) is 2. The van der Waals surface area contributed by atoms with Gasteiger partial charge in [0, 0.05) is 5.69 Å². The lowest BCUT2D eigenvalue weighted by Gasteiger charge is -2.08. The van der Waals surface area contributed by atoms with Gasteiger partial charge in [0.2, 0.25) is 11.0 Å². The molecule has 3 rings (SSSR count). The number of ether oxygens (including phenoxy) is 1. The number of halogens is 3. The Hall–Kier alpha value is -1.71. The molecule has 0 aliphatic carbocycles. The first-order chi connectivity index (χ1) is 13.4. The number of carbonyl (C=O) groups excluding carboxylic acids is 1. The van der Waals surface area contributed by atoms with Gasteiger partial charge in [-0.05, 0) is 36.4 Å². The van der Waals surface area contributed by atoms with Gasteiger partial charge in [-0.1, -0.05) is 57.9 Å². The van der Waals surface area contributed by atoms with Crippen molar-refractivity contribution in [2.75, 3.05) is 23.5 Å². The molecule has 0 saturated heterocycles. The lowest BCUT2D eigenvalue weighted by atomic mass is 10.3. The summed E-state index contributed by atoms with van der Waals surface area (Å²) in [6.45, 7) is 0. The van der Waals surface area contributed by atoms with Crippen LogP contribution in [0.2, 0.25) is 15.1 Å². The van der Waals surface area contributed by atoms with Crippen LogP contribution in [0.1, 0.15) is 0 Å². The molecule has 0 bridgehead atoms. The van der Waals surface area contributed by atoms with Gasteiger partial charge in [0.25, 0.3) is 0 Å². The summed E-state index contributed by atoms with van der Waals surface area (Å²) < 4.78 is 5.78. The Labute approximate surface area is 184 Å². The van der Waals surface area contributed by atoms with E-state index in [1.807, 2.05) is 24.3 Å². The van der Waals surface area contributed by atoms with E-state index in [1.54, 1.807) is 7.11 Å². The number of thioether (sulfide) groups is 1. The van der Waals surface area contributed by atoms with Crippen molar-refractivity contribution in [3.05, 3.63) is 51.5 Å². The number of hydrogen-bond acceptors (Lipinski definition) is 7. The Bertz CT molecular complexity index is 983. The highest BCUT2D eigenvalue weighted by atomic mass is 35.5. The molecule has 1 heterocycles. The van der Waals surface area contributed by atoms with Crippen LogP contribution in [-0.2, 0) is 4.79 Å². The summed E-state index contributed by atoms with van der Waals surface area (Å²) in [5, 5.41) is 15.6. The van der Waals surface area contributed by atoms with Crippen molar-refractivity contribution in [2.24, 2.45) is 0 Å². The van der Waals surface area contributed by atoms with E-state index < -0.39 is 0 Å². The van der Waals surface area contributed by atoms with Crippen LogP contribution in [0.4, 0.5) is 16.5 Å². The molecular formula is C17H13Cl3N4O2S2. The van der Waals surface area contributed by atoms with E-state index in [0.717, 1.165) is 11.4 Å². The van der Waals surface area contributed by atoms with Gasteiger partial charge in [0.15, 0.2) is 4.34 Å². The highest BCUT2D eigenvalue weighted by Crippen LogP contribution is 2.33. The van der Waals surface area contributed by atoms with Crippen LogP contribution in [-0.4, -0.2) is 29.0 Å². The molecule has 1 amide bonds. The summed E-state index contributed by atoms with van der Waals surface area (Å²) in [5.74, 6) is 0.672. The number of benzene rings is 2. The number of rotatable bonds is 7. The third-order valence-electron chi connectivity index (χ3n) is 3.36. The fourth-order valence-corrected chi connectivity index (χ4v) is 4.21. The number of amides is 1. The second kappa shape index (κ2) is 9.67. The Morgan fingerprint density at radius 3 is 2.54 bits per heavy atom. The van der Waals surface area contributed by atoms with Crippen molar-refractivity contribution in [3.63, 3.8) is 0 Å². The Balaban J connectivity index is 1.53. The van der Waals surface area contributed by atoms with Crippen LogP contribution < -0.4 is 15.4 Å². The normalized spacial score (nSPS) is 10.6. The van der Waals surface area contributed by atoms with Crippen LogP contribution in [0.3, 0.4) is 0 Å². The zero-order valence-electron chi connectivity index (χ0n) is 14.3. The molecule has 1 aromatic heterocycles. The van der Waals surface area contributed by atoms with Gasteiger partial charge < -0.3 is 15.4 Å². The van der Waals surface area contributed by atoms with E-state index in [2.05, 4.69) is 20.8 Å². The van der Waals surface area contributed by atoms with E-state index >= 15 is 0 Å². The van der Waals surface area contributed by atoms with Gasteiger partial charge in [0.05, 0.1) is 33.6 Å². The van der Waals surface area contributed by atoms with Crippen molar-refractivity contribution < 1.29 is 9.53 Å². The molecular weight excluding hydrogens is 463 g/mol. The number of anilines is 3. The number of carbonyl (C=O) groups is 1. The number of nitrogens with zero attached hydrogens (tertiary/aromatic N) is 2. The highest BCUT2D eigenvalue weighted by molar-refractivity contribution is 8.01. The summed E-state index contributed by atoms with van der Waals surface area (Å²) in [4.78, 5) is 12.2. The van der Waals surface area contributed by atoms with E-state index in [4.69, 9.17) is 39.5 Å². The highest BCUT2D eigenvalue weighted by Gasteiger charge is 2.12. The summed E-state index contributed by atoms with van der Waals surface area (Å²) in [5.41, 5.74) is 1.27. The average molecular weight is 476 g/mol. The Morgan fingerprint density at radius 1 is 1.11 bits per heavy atom. The van der Waals surface area contributed by atoms with Gasteiger partial charge in [-0.3, -0.25) is 4.79 Å². The molecule has 0 aliphatic heterocycles. The summed E-state index contributed by atoms with van der Waals surface area (Å²) in [7, 11) is 1.61. The molecule has 0 saturated carbocycles. The van der Waals surface area contributed by atoms with Crippen LogP contribution in [0.5, 0.6) is 5.75 Å². The Kier molecular flexibility index (Phi) is 7.25. The summed E-state index contributed by atoms with van der Waals surface area (Å²) in [6.07, 6.45) is 0. The molecule has 28 heavy (non-hydrogen) atoms. The van der Waals surface area contributed by atoms with E-state index in [1.165, 1.54) is 35.2 Å². The molecule has 146 valence electrons. The molecule has 11 heteroatoms. The number of aromatic nitrogens is 2. The molecule has 0 unspecified atom stereocenters. The van der Waals surface area contributed by atoms with Gasteiger partial charge in [-0.15, -0.1) is 10.2 Å². The second-order valence-electron chi connectivity index (χ2n) is 5.31. The molecule has 0 spiro atoms. The van der Waals surface area contributed by atoms with Crippen LogP contribution in [0, 0.1) is 0 Å². The minimum atomic E-state index is -0.245. The lowest BCUT2D eigenvalue weighted by Crippen LogP contribution is -2.14. The number of nitrogens with one attached hydrogen (secondary N) is 2. The Morgan fingerprint density at radius 2 is 1.82 bits per heavy atom. The lowest BCUT2D eigenvalue weighted by molar-refractivity contribution is -0.113. The standard InChI is InChI=1S/C17H13Cl3N4O2S2/c1-26-10-4-2-9(3-5-10)21-16-23-24-17(28-16)27-8-15(25)22-14-7-12(19)11(18)6-13(14)20/h2-7H,8H2,1H3,(H,21,23)(H,22,25). The zero-order chi connectivity index (χ0) is 20.1. The first kappa shape index (κ1) is 21.0. The summed E-state index contributed by atoms with van der Waals surface area (Å²) in [6, 6.07) is 10.4. The summed E-state index contributed by atoms with van der Waals surface area (Å²) >= 11 is 20.5. The minimum Gasteiger partial charge on any atom is -0.497 e. The van der Waals surface area contributed by atoms with Crippen molar-refractivity contribution in [2.45, 2.75) is 4.34 Å². The first-order valence-corrected chi connectivity index (χ1v) is 10.7. The van der Waals surface area contributed by atoms with E-state index in [0.29, 0.717) is 30.2 Å². The maximum Gasteiger partial charge on any atom is 0.234 e. The molecule has 0 fully saturated rings. The zero-order valence-corrected chi connectivity index (χ0v) is 18.2. The van der Waals surface area contributed by atoms with Crippen molar-refractivity contribution in [3.8, 4) is 5.75 Å². The molecule has 2 N–H and O–H groups in total. The SMILES string of the molecule is COc1ccc(Nc2nnc(SCC(=O)Nc3cc(Cl)c(Cl)cc3Cl)s2)cc1. The maximum atomic E-state index is 12.2. The monoisotopic (exact) mass is 474 g/mol. The topological polar surface area (TPSA) is 76.1 Å². The fraction of sp³-hybridized carbons (Fsp3) is 0.118. The third-order valence-corrected chi connectivity index (χ3v) is 6.37. The van der Waals surface area contributed by atoms with Gasteiger partial charge in [0.1, 0.15) is 5.75 Å². The fourth-order valence-electron chi connectivity index (χ4n) is 2.05.